The first-order chi connectivity index (χ1) is 9.17. The zero-order valence-corrected chi connectivity index (χ0v) is 12.7. The van der Waals surface area contributed by atoms with Crippen molar-refractivity contribution >= 4 is 44.6 Å². The third-order valence-electron chi connectivity index (χ3n) is 2.40. The summed E-state index contributed by atoms with van der Waals surface area (Å²) in [6, 6.07) is 15.5. The van der Waals surface area contributed by atoms with Gasteiger partial charge in [-0.1, -0.05) is 34.1 Å². The molecule has 19 heavy (non-hydrogen) atoms. The number of hydrogen-bond donors (Lipinski definition) is 2. The summed E-state index contributed by atoms with van der Waals surface area (Å²) < 4.78 is 6.13. The number of anilines is 2. The quantitative estimate of drug-likeness (QED) is 0.820. The smallest absolute Gasteiger partial charge is 0.175 e. The molecule has 0 aliphatic heterocycles. The number of halogens is 1. The van der Waals surface area contributed by atoms with Crippen LogP contribution in [0.5, 0.6) is 5.75 Å². The molecule has 2 N–H and O–H groups in total. The molecule has 5 heteroatoms. The van der Waals surface area contributed by atoms with Crippen LogP contribution in [-0.2, 0) is 0 Å². The van der Waals surface area contributed by atoms with E-state index in [1.165, 1.54) is 0 Å². The van der Waals surface area contributed by atoms with Gasteiger partial charge < -0.3 is 15.4 Å². The topological polar surface area (TPSA) is 33.3 Å². The zero-order chi connectivity index (χ0) is 13.7. The number of thiocarbonyl (C=S) groups is 1. The molecule has 0 bridgehead atoms. The molecule has 0 saturated carbocycles. The van der Waals surface area contributed by atoms with Crippen molar-refractivity contribution in [2.24, 2.45) is 0 Å². The Labute approximate surface area is 126 Å². The molecule has 2 rings (SSSR count). The van der Waals surface area contributed by atoms with Crippen molar-refractivity contribution < 1.29 is 4.74 Å². The van der Waals surface area contributed by atoms with E-state index in [0.29, 0.717) is 5.11 Å². The van der Waals surface area contributed by atoms with Crippen LogP contribution in [0.25, 0.3) is 0 Å². The molecule has 0 aliphatic rings. The van der Waals surface area contributed by atoms with Gasteiger partial charge in [0.15, 0.2) is 5.11 Å². The van der Waals surface area contributed by atoms with E-state index in [-0.39, 0.29) is 0 Å². The van der Waals surface area contributed by atoms with Crippen LogP contribution >= 0.6 is 28.1 Å². The second-order valence-corrected chi connectivity index (χ2v) is 5.15. The lowest BCUT2D eigenvalue weighted by Gasteiger charge is -2.11. The van der Waals surface area contributed by atoms with E-state index in [0.717, 1.165) is 21.6 Å². The summed E-state index contributed by atoms with van der Waals surface area (Å²) in [5, 5.41) is 6.76. The summed E-state index contributed by atoms with van der Waals surface area (Å²) in [4.78, 5) is 0. The largest absolute Gasteiger partial charge is 0.497 e. The number of benzene rings is 2. The number of ether oxygens (including phenoxy) is 1. The molecule has 0 unspecified atom stereocenters. The molecule has 0 amide bonds. The number of hydrogen-bond acceptors (Lipinski definition) is 2. The molecule has 98 valence electrons. The highest BCUT2D eigenvalue weighted by molar-refractivity contribution is 9.10. The molecule has 3 nitrogen and oxygen atoms in total. The molecule has 0 atom stereocenters. The average molecular weight is 337 g/mol. The van der Waals surface area contributed by atoms with Gasteiger partial charge in [0.25, 0.3) is 0 Å². The summed E-state index contributed by atoms with van der Waals surface area (Å²) in [5.74, 6) is 0.763. The number of methoxy groups -OCH3 is 1. The van der Waals surface area contributed by atoms with Gasteiger partial charge >= 0.3 is 0 Å². The van der Waals surface area contributed by atoms with E-state index in [4.69, 9.17) is 17.0 Å². The predicted octanol–water partition coefficient (Wildman–Crippen LogP) is 4.27. The highest BCUT2D eigenvalue weighted by Gasteiger charge is 2.02. The Balaban J connectivity index is 2.05. The summed E-state index contributed by atoms with van der Waals surface area (Å²) in [6.07, 6.45) is 0. The lowest BCUT2D eigenvalue weighted by molar-refractivity contribution is 0.415. The fourth-order valence-electron chi connectivity index (χ4n) is 1.57. The Morgan fingerprint density at radius 3 is 2.42 bits per heavy atom. The maximum absolute atomic E-state index is 5.26. The standard InChI is InChI=1S/C14H13BrN2OS/c1-18-13-8-10(15)7-12(9-13)17-14(19)16-11-5-3-2-4-6-11/h2-9H,1H3,(H2,16,17,19). The average Bonchev–Trinajstić information content (AvgIpc) is 2.38. The lowest BCUT2D eigenvalue weighted by Crippen LogP contribution is -2.18. The third kappa shape index (κ3) is 4.22. The van der Waals surface area contributed by atoms with Crippen LogP contribution in [0.1, 0.15) is 0 Å². The Hall–Kier alpha value is -1.59. The lowest BCUT2D eigenvalue weighted by atomic mass is 10.3. The van der Waals surface area contributed by atoms with Crippen LogP contribution in [0.3, 0.4) is 0 Å². The summed E-state index contributed by atoms with van der Waals surface area (Å²) in [5.41, 5.74) is 1.81. The number of rotatable bonds is 3. The van der Waals surface area contributed by atoms with E-state index >= 15 is 0 Å². The van der Waals surface area contributed by atoms with Crippen LogP contribution in [-0.4, -0.2) is 12.2 Å². The summed E-state index contributed by atoms with van der Waals surface area (Å²) >= 11 is 8.69. The highest BCUT2D eigenvalue weighted by atomic mass is 79.9. The normalized spacial score (nSPS) is 9.79. The molecular formula is C14H13BrN2OS. The fourth-order valence-corrected chi connectivity index (χ4v) is 2.28. The minimum Gasteiger partial charge on any atom is -0.497 e. The monoisotopic (exact) mass is 336 g/mol. The first kappa shape index (κ1) is 13.8. The van der Waals surface area contributed by atoms with Crippen molar-refractivity contribution in [3.8, 4) is 5.75 Å². The molecule has 2 aromatic rings. The van der Waals surface area contributed by atoms with Gasteiger partial charge in [-0.15, -0.1) is 0 Å². The van der Waals surface area contributed by atoms with E-state index in [9.17, 15) is 0 Å². The fraction of sp³-hybridized carbons (Fsp3) is 0.0714. The van der Waals surface area contributed by atoms with Crippen LogP contribution in [0.4, 0.5) is 11.4 Å². The second kappa shape index (κ2) is 6.54. The van der Waals surface area contributed by atoms with Gasteiger partial charge in [-0.25, -0.2) is 0 Å². The minimum atomic E-state index is 0.534. The van der Waals surface area contributed by atoms with Gasteiger partial charge in [-0.2, -0.15) is 0 Å². The molecule has 0 spiro atoms. The number of nitrogens with one attached hydrogen (secondary N) is 2. The molecule has 0 radical (unpaired) electrons. The van der Waals surface area contributed by atoms with Crippen molar-refractivity contribution in [1.82, 2.24) is 0 Å². The van der Waals surface area contributed by atoms with Crippen LogP contribution < -0.4 is 15.4 Å². The molecular weight excluding hydrogens is 324 g/mol. The predicted molar refractivity (Wildman–Crippen MR) is 87.0 cm³/mol. The van der Waals surface area contributed by atoms with E-state index in [1.54, 1.807) is 7.11 Å². The highest BCUT2D eigenvalue weighted by Crippen LogP contribution is 2.24. The molecule has 0 aliphatic carbocycles. The number of para-hydroxylation sites is 1. The first-order valence-electron chi connectivity index (χ1n) is 5.65. The van der Waals surface area contributed by atoms with Gasteiger partial charge in [0, 0.05) is 21.9 Å². The van der Waals surface area contributed by atoms with Gasteiger partial charge in [0.2, 0.25) is 0 Å². The van der Waals surface area contributed by atoms with Gasteiger partial charge in [0.1, 0.15) is 5.75 Å². The second-order valence-electron chi connectivity index (χ2n) is 3.82. The molecule has 0 heterocycles. The maximum atomic E-state index is 5.26. The van der Waals surface area contributed by atoms with Crippen molar-refractivity contribution in [2.75, 3.05) is 17.7 Å². The Morgan fingerprint density at radius 1 is 1.05 bits per heavy atom. The van der Waals surface area contributed by atoms with Crippen molar-refractivity contribution in [2.45, 2.75) is 0 Å². The SMILES string of the molecule is COc1cc(Br)cc(NC(=S)Nc2ccccc2)c1. The molecule has 2 aromatic carbocycles. The first-order valence-corrected chi connectivity index (χ1v) is 6.85. The van der Waals surface area contributed by atoms with Crippen LogP contribution in [0.2, 0.25) is 0 Å². The van der Waals surface area contributed by atoms with E-state index in [2.05, 4.69) is 26.6 Å². The third-order valence-corrected chi connectivity index (χ3v) is 3.06. The Kier molecular flexibility index (Phi) is 4.76. The van der Waals surface area contributed by atoms with Gasteiger partial charge in [-0.05, 0) is 36.5 Å². The summed E-state index contributed by atoms with van der Waals surface area (Å²) in [7, 11) is 1.63. The Morgan fingerprint density at radius 2 is 1.74 bits per heavy atom. The van der Waals surface area contributed by atoms with E-state index < -0.39 is 0 Å². The molecule has 0 saturated heterocycles. The van der Waals surface area contributed by atoms with Gasteiger partial charge in [-0.3, -0.25) is 0 Å². The van der Waals surface area contributed by atoms with Crippen LogP contribution in [0.15, 0.2) is 53.0 Å². The summed E-state index contributed by atoms with van der Waals surface area (Å²) in [6.45, 7) is 0. The van der Waals surface area contributed by atoms with Crippen molar-refractivity contribution in [3.05, 3.63) is 53.0 Å². The Bertz CT molecular complexity index is 575. The maximum Gasteiger partial charge on any atom is 0.175 e. The zero-order valence-electron chi connectivity index (χ0n) is 10.3. The van der Waals surface area contributed by atoms with E-state index in [1.807, 2.05) is 48.5 Å². The van der Waals surface area contributed by atoms with Crippen LogP contribution in [0, 0.1) is 0 Å². The van der Waals surface area contributed by atoms with Gasteiger partial charge in [0.05, 0.1) is 7.11 Å². The van der Waals surface area contributed by atoms with Crippen molar-refractivity contribution in [1.29, 1.82) is 0 Å². The minimum absolute atomic E-state index is 0.534. The molecule has 0 fully saturated rings. The molecule has 0 aromatic heterocycles. The van der Waals surface area contributed by atoms with Crippen molar-refractivity contribution in [3.63, 3.8) is 0 Å².